The molecule has 6 rings (SSSR count). The fourth-order valence-electron chi connectivity index (χ4n) is 5.00. The summed E-state index contributed by atoms with van der Waals surface area (Å²) in [6.45, 7) is 1.63. The van der Waals surface area contributed by atoms with Crippen molar-refractivity contribution in [3.63, 3.8) is 0 Å². The van der Waals surface area contributed by atoms with Gasteiger partial charge in [-0.1, -0.05) is 42.5 Å². The molecule has 6 heteroatoms. The Hall–Kier alpha value is -4.32. The fraction of sp³-hybridized carbons (Fsp3) is 0.226. The molecule has 0 radical (unpaired) electrons. The SMILES string of the molecule is O=C(c1ccccc1)c1oc2cc3c(cc2c1-c1ccc(OCC(=O)N2CCCCC2)cc1)CC=CO3. The zero-order chi connectivity index (χ0) is 25.2. The van der Waals surface area contributed by atoms with Crippen molar-refractivity contribution < 1.29 is 23.5 Å². The second kappa shape index (κ2) is 9.97. The van der Waals surface area contributed by atoms with E-state index in [1.54, 1.807) is 18.4 Å². The van der Waals surface area contributed by atoms with Crippen molar-refractivity contribution in [1.29, 1.82) is 0 Å². The van der Waals surface area contributed by atoms with E-state index < -0.39 is 0 Å². The Labute approximate surface area is 215 Å². The summed E-state index contributed by atoms with van der Waals surface area (Å²) in [5, 5.41) is 0.853. The van der Waals surface area contributed by atoms with E-state index in [-0.39, 0.29) is 24.1 Å². The summed E-state index contributed by atoms with van der Waals surface area (Å²) in [6.07, 6.45) is 7.65. The molecule has 0 saturated carbocycles. The van der Waals surface area contributed by atoms with Crippen LogP contribution in [-0.2, 0) is 11.2 Å². The van der Waals surface area contributed by atoms with Gasteiger partial charge >= 0.3 is 0 Å². The van der Waals surface area contributed by atoms with Crippen LogP contribution in [0.5, 0.6) is 11.5 Å². The van der Waals surface area contributed by atoms with Crippen LogP contribution in [-0.4, -0.2) is 36.3 Å². The molecule has 37 heavy (non-hydrogen) atoms. The summed E-state index contributed by atoms with van der Waals surface area (Å²) < 4.78 is 17.6. The van der Waals surface area contributed by atoms with Gasteiger partial charge in [-0.05, 0) is 61.1 Å². The number of rotatable bonds is 6. The van der Waals surface area contributed by atoms with Gasteiger partial charge in [0.2, 0.25) is 5.78 Å². The first kappa shape index (κ1) is 23.1. The Kier molecular flexibility index (Phi) is 6.23. The van der Waals surface area contributed by atoms with Crippen LogP contribution in [0.1, 0.15) is 40.9 Å². The molecule has 6 nitrogen and oxygen atoms in total. The van der Waals surface area contributed by atoms with Gasteiger partial charge in [0.05, 0.1) is 6.26 Å². The van der Waals surface area contributed by atoms with Gasteiger partial charge in [-0.15, -0.1) is 0 Å². The van der Waals surface area contributed by atoms with E-state index in [0.717, 1.165) is 60.2 Å². The van der Waals surface area contributed by atoms with Crippen LogP contribution in [0, 0.1) is 0 Å². The molecule has 3 heterocycles. The monoisotopic (exact) mass is 493 g/mol. The van der Waals surface area contributed by atoms with Crippen LogP contribution >= 0.6 is 0 Å². The Bertz CT molecular complexity index is 1480. The Morgan fingerprint density at radius 2 is 1.70 bits per heavy atom. The average Bonchev–Trinajstić information content (AvgIpc) is 3.33. The molecule has 1 aromatic heterocycles. The molecule has 1 amide bonds. The molecular weight excluding hydrogens is 466 g/mol. The fourth-order valence-corrected chi connectivity index (χ4v) is 5.00. The van der Waals surface area contributed by atoms with Crippen molar-refractivity contribution >= 4 is 22.7 Å². The highest BCUT2D eigenvalue weighted by molar-refractivity contribution is 6.15. The normalized spacial score (nSPS) is 14.8. The van der Waals surface area contributed by atoms with E-state index in [4.69, 9.17) is 13.9 Å². The maximum atomic E-state index is 13.5. The number of carbonyl (C=O) groups excluding carboxylic acids is 2. The predicted molar refractivity (Wildman–Crippen MR) is 141 cm³/mol. The standard InChI is InChI=1S/C31H27NO5/c33-28(32-15-5-2-6-16-32)20-36-24-13-11-21(12-14-24)29-25-18-23-10-7-17-35-26(23)19-27(25)37-31(29)30(34)22-8-3-1-4-9-22/h1,3-4,7-9,11-14,17-19H,2,5-6,10,15-16,20H2. The molecule has 0 bridgehead atoms. The van der Waals surface area contributed by atoms with Gasteiger partial charge < -0.3 is 18.8 Å². The van der Waals surface area contributed by atoms with Crippen LogP contribution in [0.15, 0.2) is 83.5 Å². The first-order valence-corrected chi connectivity index (χ1v) is 12.7. The number of benzene rings is 3. The van der Waals surface area contributed by atoms with Crippen LogP contribution in [0.3, 0.4) is 0 Å². The number of likely N-dealkylation sites (tertiary alicyclic amines) is 1. The van der Waals surface area contributed by atoms with Crippen LogP contribution in [0.4, 0.5) is 0 Å². The average molecular weight is 494 g/mol. The lowest BCUT2D eigenvalue weighted by atomic mass is 9.96. The molecule has 1 fully saturated rings. The highest BCUT2D eigenvalue weighted by atomic mass is 16.5. The lowest BCUT2D eigenvalue weighted by Crippen LogP contribution is -2.38. The summed E-state index contributed by atoms with van der Waals surface area (Å²) in [4.78, 5) is 27.9. The molecule has 2 aliphatic rings. The Balaban J connectivity index is 1.33. The highest BCUT2D eigenvalue weighted by Gasteiger charge is 2.25. The van der Waals surface area contributed by atoms with Gasteiger partial charge in [0.15, 0.2) is 12.4 Å². The largest absolute Gasteiger partial charge is 0.484 e. The number of furan rings is 1. The third kappa shape index (κ3) is 4.62. The molecule has 3 aromatic carbocycles. The molecule has 2 aliphatic heterocycles. The smallest absolute Gasteiger partial charge is 0.260 e. The number of amides is 1. The van der Waals surface area contributed by atoms with Gasteiger partial charge in [0.25, 0.3) is 5.91 Å². The number of ketones is 1. The molecule has 186 valence electrons. The van der Waals surface area contributed by atoms with Gasteiger partial charge in [0, 0.05) is 35.7 Å². The van der Waals surface area contributed by atoms with E-state index in [1.807, 2.05) is 65.6 Å². The summed E-state index contributed by atoms with van der Waals surface area (Å²) in [5.41, 5.74) is 3.75. The van der Waals surface area contributed by atoms with Crippen molar-refractivity contribution in [3.8, 4) is 22.6 Å². The molecule has 0 spiro atoms. The second-order valence-corrected chi connectivity index (χ2v) is 9.41. The van der Waals surface area contributed by atoms with E-state index >= 15 is 0 Å². The van der Waals surface area contributed by atoms with Crippen LogP contribution in [0.2, 0.25) is 0 Å². The number of piperidine rings is 1. The number of ether oxygens (including phenoxy) is 2. The number of hydrogen-bond donors (Lipinski definition) is 0. The van der Waals surface area contributed by atoms with Crippen LogP contribution < -0.4 is 9.47 Å². The van der Waals surface area contributed by atoms with Gasteiger partial charge in [-0.25, -0.2) is 0 Å². The second-order valence-electron chi connectivity index (χ2n) is 9.41. The Morgan fingerprint density at radius 3 is 2.49 bits per heavy atom. The molecule has 0 unspecified atom stereocenters. The number of allylic oxidation sites excluding steroid dienone is 1. The van der Waals surface area contributed by atoms with E-state index in [0.29, 0.717) is 16.9 Å². The van der Waals surface area contributed by atoms with Crippen molar-refractivity contribution in [2.24, 2.45) is 0 Å². The highest BCUT2D eigenvalue weighted by Crippen LogP contribution is 2.40. The first-order chi connectivity index (χ1) is 18.2. The molecule has 1 saturated heterocycles. The zero-order valence-corrected chi connectivity index (χ0v) is 20.4. The van der Waals surface area contributed by atoms with Crippen molar-refractivity contribution in [1.82, 2.24) is 4.90 Å². The van der Waals surface area contributed by atoms with Gasteiger partial charge in [-0.3, -0.25) is 9.59 Å². The quantitative estimate of drug-likeness (QED) is 0.301. The maximum Gasteiger partial charge on any atom is 0.260 e. The molecule has 0 atom stereocenters. The third-order valence-electron chi connectivity index (χ3n) is 6.96. The minimum Gasteiger partial charge on any atom is -0.484 e. The zero-order valence-electron chi connectivity index (χ0n) is 20.4. The van der Waals surface area contributed by atoms with Crippen molar-refractivity contribution in [2.45, 2.75) is 25.7 Å². The molecule has 0 N–H and O–H groups in total. The number of hydrogen-bond acceptors (Lipinski definition) is 5. The molecular formula is C31H27NO5. The lowest BCUT2D eigenvalue weighted by molar-refractivity contribution is -0.134. The first-order valence-electron chi connectivity index (χ1n) is 12.7. The molecule has 4 aromatic rings. The summed E-state index contributed by atoms with van der Waals surface area (Å²) in [7, 11) is 0. The maximum absolute atomic E-state index is 13.5. The summed E-state index contributed by atoms with van der Waals surface area (Å²) in [6, 6.07) is 20.5. The predicted octanol–water partition coefficient (Wildman–Crippen LogP) is 6.17. The minimum atomic E-state index is -0.184. The van der Waals surface area contributed by atoms with Gasteiger partial charge in [-0.2, -0.15) is 0 Å². The van der Waals surface area contributed by atoms with Crippen molar-refractivity contribution in [2.75, 3.05) is 19.7 Å². The van der Waals surface area contributed by atoms with E-state index in [1.165, 1.54) is 6.42 Å². The number of carbonyl (C=O) groups is 2. The summed E-state index contributed by atoms with van der Waals surface area (Å²) in [5.74, 6) is 1.45. The molecule has 0 aliphatic carbocycles. The van der Waals surface area contributed by atoms with E-state index in [2.05, 4.69) is 0 Å². The topological polar surface area (TPSA) is 69.0 Å². The number of fused-ring (bicyclic) bond motifs is 2. The summed E-state index contributed by atoms with van der Waals surface area (Å²) >= 11 is 0. The van der Waals surface area contributed by atoms with Crippen LogP contribution in [0.25, 0.3) is 22.1 Å². The van der Waals surface area contributed by atoms with Gasteiger partial charge in [0.1, 0.15) is 17.1 Å². The minimum absolute atomic E-state index is 0.0152. The number of nitrogens with zero attached hydrogens (tertiary/aromatic N) is 1. The lowest BCUT2D eigenvalue weighted by Gasteiger charge is -2.26. The van der Waals surface area contributed by atoms with E-state index in [9.17, 15) is 9.59 Å². The Morgan fingerprint density at radius 1 is 0.919 bits per heavy atom. The van der Waals surface area contributed by atoms with Crippen molar-refractivity contribution in [3.05, 3.63) is 96.0 Å². The third-order valence-corrected chi connectivity index (χ3v) is 6.96.